The number of aliphatic hydroxyl groups is 4. The maximum Gasteiger partial charge on any atom is 0.124 e. The van der Waals surface area contributed by atoms with Gasteiger partial charge >= 0.3 is 0 Å². The van der Waals surface area contributed by atoms with Gasteiger partial charge in [-0.25, -0.2) is 0 Å². The summed E-state index contributed by atoms with van der Waals surface area (Å²) in [7, 11) is 0. The molecule has 4 nitrogen and oxygen atoms in total. The normalized spacial score (nSPS) is 17.0. The fraction of sp³-hybridized carbons (Fsp3) is 1.00. The Balaban J connectivity index is 6.30. The first-order valence-electron chi connectivity index (χ1n) is 14.6. The lowest BCUT2D eigenvalue weighted by molar-refractivity contribution is -0.285. The molecule has 4 N–H and O–H groups in total. The van der Waals surface area contributed by atoms with E-state index >= 15 is 0 Å². The van der Waals surface area contributed by atoms with Crippen LogP contribution in [0.25, 0.3) is 0 Å². The van der Waals surface area contributed by atoms with E-state index in [-0.39, 0.29) is 0 Å². The minimum absolute atomic E-state index is 0.334. The molecule has 0 aromatic heterocycles. The van der Waals surface area contributed by atoms with E-state index in [1.807, 2.05) is 0 Å². The molecule has 4 heteroatoms. The van der Waals surface area contributed by atoms with E-state index in [2.05, 4.69) is 34.6 Å². The van der Waals surface area contributed by atoms with Crippen LogP contribution in [0.2, 0.25) is 0 Å². The summed E-state index contributed by atoms with van der Waals surface area (Å²) in [5, 5.41) is 48.2. The van der Waals surface area contributed by atoms with Crippen molar-refractivity contribution in [3.8, 4) is 0 Å². The first-order chi connectivity index (χ1) is 15.7. The monoisotopic (exact) mass is 472 g/mol. The van der Waals surface area contributed by atoms with Crippen LogP contribution >= 0.6 is 0 Å². The minimum atomic E-state index is -1.71. The van der Waals surface area contributed by atoms with Gasteiger partial charge in [-0.1, -0.05) is 131 Å². The Bertz CT molecular complexity index is 445. The summed E-state index contributed by atoms with van der Waals surface area (Å²) >= 11 is 0. The van der Waals surface area contributed by atoms with Crippen molar-refractivity contribution in [3.05, 3.63) is 0 Å². The van der Waals surface area contributed by atoms with Crippen LogP contribution in [0.3, 0.4) is 0 Å². The summed E-state index contributed by atoms with van der Waals surface area (Å²) in [6, 6.07) is 0. The van der Waals surface area contributed by atoms with Gasteiger partial charge in [0, 0.05) is 0 Å². The molecular formula is C29H60O4. The minimum Gasteiger partial charge on any atom is -0.390 e. The predicted molar refractivity (Wildman–Crippen MR) is 142 cm³/mol. The van der Waals surface area contributed by atoms with Crippen molar-refractivity contribution in [2.24, 2.45) is 0 Å². The Morgan fingerprint density at radius 2 is 0.848 bits per heavy atom. The highest BCUT2D eigenvalue weighted by molar-refractivity contribution is 5.14. The predicted octanol–water partition coefficient (Wildman–Crippen LogP) is 7.44. The Kier molecular flexibility index (Phi) is 18.1. The zero-order chi connectivity index (χ0) is 25.2. The number of rotatable bonds is 23. The van der Waals surface area contributed by atoms with Crippen molar-refractivity contribution < 1.29 is 20.4 Å². The number of hydrogen-bond donors (Lipinski definition) is 4. The summed E-state index contributed by atoms with van der Waals surface area (Å²) in [4.78, 5) is 0. The molecular weight excluding hydrogens is 412 g/mol. The molecule has 0 rings (SSSR count). The highest BCUT2D eigenvalue weighted by atomic mass is 16.4. The van der Waals surface area contributed by atoms with Crippen LogP contribution in [0.15, 0.2) is 0 Å². The van der Waals surface area contributed by atoms with Gasteiger partial charge in [0.1, 0.15) is 11.2 Å². The zero-order valence-electron chi connectivity index (χ0n) is 23.0. The Labute approximate surface area is 206 Å². The molecule has 0 saturated carbocycles. The van der Waals surface area contributed by atoms with E-state index in [1.54, 1.807) is 0 Å². The van der Waals surface area contributed by atoms with Gasteiger partial charge in [0.2, 0.25) is 0 Å². The van der Waals surface area contributed by atoms with E-state index in [0.29, 0.717) is 32.1 Å². The molecule has 0 amide bonds. The third kappa shape index (κ3) is 10.2. The third-order valence-corrected chi connectivity index (χ3v) is 7.81. The summed E-state index contributed by atoms with van der Waals surface area (Å²) in [6.07, 6.45) is 15.0. The fourth-order valence-corrected chi connectivity index (χ4v) is 5.48. The summed E-state index contributed by atoms with van der Waals surface area (Å²) < 4.78 is 0. The van der Waals surface area contributed by atoms with Gasteiger partial charge in [0.05, 0.1) is 11.7 Å². The second kappa shape index (κ2) is 18.2. The summed E-state index contributed by atoms with van der Waals surface area (Å²) in [5.74, 6) is 0. The quantitative estimate of drug-likeness (QED) is 0.116. The van der Waals surface area contributed by atoms with E-state index in [1.165, 1.54) is 0 Å². The van der Waals surface area contributed by atoms with Crippen LogP contribution in [0.4, 0.5) is 0 Å². The van der Waals surface area contributed by atoms with Crippen molar-refractivity contribution >= 4 is 0 Å². The molecule has 0 aliphatic rings. The zero-order valence-corrected chi connectivity index (χ0v) is 23.0. The molecule has 0 aliphatic carbocycles. The molecule has 0 spiro atoms. The third-order valence-electron chi connectivity index (χ3n) is 7.81. The highest BCUT2D eigenvalue weighted by Gasteiger charge is 2.62. The van der Waals surface area contributed by atoms with E-state index in [9.17, 15) is 20.4 Å². The molecule has 0 radical (unpaired) electrons. The average molecular weight is 473 g/mol. The first-order valence-corrected chi connectivity index (χ1v) is 14.6. The average Bonchev–Trinajstić information content (AvgIpc) is 2.79. The largest absolute Gasteiger partial charge is 0.390 e. The van der Waals surface area contributed by atoms with Crippen LogP contribution in [0.1, 0.15) is 163 Å². The molecule has 0 heterocycles. The van der Waals surface area contributed by atoms with Gasteiger partial charge in [0.15, 0.2) is 0 Å². The second-order valence-electron chi connectivity index (χ2n) is 10.7. The molecule has 3 atom stereocenters. The Hall–Kier alpha value is -0.160. The van der Waals surface area contributed by atoms with Gasteiger partial charge in [-0.05, 0) is 32.1 Å². The van der Waals surface area contributed by atoms with Gasteiger partial charge in [-0.15, -0.1) is 0 Å². The molecule has 0 aliphatic heterocycles. The Morgan fingerprint density at radius 3 is 1.27 bits per heavy atom. The highest BCUT2D eigenvalue weighted by Crippen LogP contribution is 2.48. The molecule has 33 heavy (non-hydrogen) atoms. The first kappa shape index (κ1) is 32.8. The van der Waals surface area contributed by atoms with Crippen molar-refractivity contribution in [3.63, 3.8) is 0 Å². The SMILES string of the molecule is CCCCCC(O)[C@](O)(CCCCC)[C@](O)(CCCCC)C(O)(CCCCC)CCCCC. The molecule has 1 unspecified atom stereocenters. The van der Waals surface area contributed by atoms with Gasteiger partial charge in [0.25, 0.3) is 0 Å². The van der Waals surface area contributed by atoms with Crippen LogP contribution in [0.5, 0.6) is 0 Å². The molecule has 0 aromatic carbocycles. The summed E-state index contributed by atoms with van der Waals surface area (Å²) in [6.45, 7) is 10.7. The van der Waals surface area contributed by atoms with E-state index in [4.69, 9.17) is 0 Å². The number of unbranched alkanes of at least 4 members (excludes halogenated alkanes) is 10. The van der Waals surface area contributed by atoms with Gasteiger partial charge in [-0.2, -0.15) is 0 Å². The topological polar surface area (TPSA) is 80.9 Å². The number of aliphatic hydroxyl groups excluding tert-OH is 1. The summed E-state index contributed by atoms with van der Waals surface area (Å²) in [5.41, 5.74) is -4.80. The van der Waals surface area contributed by atoms with Crippen LogP contribution in [-0.4, -0.2) is 43.3 Å². The maximum atomic E-state index is 12.4. The molecule has 200 valence electrons. The lowest BCUT2D eigenvalue weighted by Crippen LogP contribution is -2.71. The Morgan fingerprint density at radius 1 is 0.485 bits per heavy atom. The van der Waals surface area contributed by atoms with Crippen molar-refractivity contribution in [2.45, 2.75) is 186 Å². The van der Waals surface area contributed by atoms with Crippen LogP contribution in [-0.2, 0) is 0 Å². The number of hydrogen-bond acceptors (Lipinski definition) is 4. The van der Waals surface area contributed by atoms with Crippen LogP contribution in [0, 0.1) is 0 Å². The molecule has 0 saturated heterocycles. The lowest BCUT2D eigenvalue weighted by Gasteiger charge is -2.55. The van der Waals surface area contributed by atoms with E-state index in [0.717, 1.165) is 96.3 Å². The van der Waals surface area contributed by atoms with Gasteiger partial charge < -0.3 is 20.4 Å². The maximum absolute atomic E-state index is 12.4. The van der Waals surface area contributed by atoms with Gasteiger partial charge in [-0.3, -0.25) is 0 Å². The fourth-order valence-electron chi connectivity index (χ4n) is 5.48. The van der Waals surface area contributed by atoms with Crippen molar-refractivity contribution in [2.75, 3.05) is 0 Å². The van der Waals surface area contributed by atoms with E-state index < -0.39 is 22.9 Å². The standard InChI is InChI=1S/C29H60O4/c1-6-11-16-21-26(30)28(32,24-19-14-9-4)29(33,25-20-15-10-5)27(31,22-17-12-7-2)23-18-13-8-3/h26,30-33H,6-25H2,1-5H3/t26?,28-,29+/m1/s1. The molecule has 0 bridgehead atoms. The molecule has 0 aromatic rings. The molecule has 0 fully saturated rings. The van der Waals surface area contributed by atoms with Crippen LogP contribution < -0.4 is 0 Å². The second-order valence-corrected chi connectivity index (χ2v) is 10.7. The smallest absolute Gasteiger partial charge is 0.124 e. The lowest BCUT2D eigenvalue weighted by atomic mass is 9.60. The van der Waals surface area contributed by atoms with Crippen molar-refractivity contribution in [1.29, 1.82) is 0 Å². The van der Waals surface area contributed by atoms with Crippen molar-refractivity contribution in [1.82, 2.24) is 0 Å².